The number of para-hydroxylation sites is 1. The normalized spacial score (nSPS) is 11.9. The SMILES string of the molecule is COC(=O)c1ccccc1N(C)S(=O)(=O)c1cc(C(F)(F)F)ccc1Cl. The van der Waals surface area contributed by atoms with Crippen molar-refractivity contribution in [3.63, 3.8) is 0 Å². The van der Waals surface area contributed by atoms with Crippen LogP contribution in [-0.2, 0) is 20.9 Å². The van der Waals surface area contributed by atoms with Crippen LogP contribution in [0.3, 0.4) is 0 Å². The van der Waals surface area contributed by atoms with Crippen molar-refractivity contribution in [1.82, 2.24) is 0 Å². The first-order valence-corrected chi connectivity index (χ1v) is 8.85. The number of esters is 1. The predicted octanol–water partition coefficient (Wildman–Crippen LogP) is 3.97. The van der Waals surface area contributed by atoms with Gasteiger partial charge in [0.25, 0.3) is 10.0 Å². The van der Waals surface area contributed by atoms with Gasteiger partial charge >= 0.3 is 12.1 Å². The Kier molecular flexibility index (Phi) is 5.52. The minimum absolute atomic E-state index is 0.0622. The fraction of sp³-hybridized carbons (Fsp3) is 0.188. The number of carbonyl (C=O) groups is 1. The average molecular weight is 408 g/mol. The number of sulfonamides is 1. The average Bonchev–Trinajstić information content (AvgIpc) is 2.59. The van der Waals surface area contributed by atoms with Crippen molar-refractivity contribution in [1.29, 1.82) is 0 Å². The number of nitrogens with zero attached hydrogens (tertiary/aromatic N) is 1. The molecule has 2 aromatic carbocycles. The second-order valence-corrected chi connectivity index (χ2v) is 7.47. The number of rotatable bonds is 4. The quantitative estimate of drug-likeness (QED) is 0.719. The Bertz CT molecular complexity index is 945. The second kappa shape index (κ2) is 7.16. The van der Waals surface area contributed by atoms with Crippen molar-refractivity contribution in [2.75, 3.05) is 18.5 Å². The lowest BCUT2D eigenvalue weighted by Gasteiger charge is -2.22. The van der Waals surface area contributed by atoms with E-state index in [9.17, 15) is 26.4 Å². The maximum absolute atomic E-state index is 12.9. The summed E-state index contributed by atoms with van der Waals surface area (Å²) in [5.41, 5.74) is -1.29. The molecule has 0 radical (unpaired) electrons. The van der Waals surface area contributed by atoms with E-state index in [2.05, 4.69) is 4.74 Å². The van der Waals surface area contributed by atoms with Crippen LogP contribution in [-0.4, -0.2) is 28.5 Å². The van der Waals surface area contributed by atoms with Crippen molar-refractivity contribution >= 4 is 33.3 Å². The van der Waals surface area contributed by atoms with Gasteiger partial charge in [-0.2, -0.15) is 13.2 Å². The first kappa shape index (κ1) is 20.1. The van der Waals surface area contributed by atoms with E-state index in [4.69, 9.17) is 11.6 Å². The first-order valence-electron chi connectivity index (χ1n) is 7.03. The molecule has 0 saturated heterocycles. The van der Waals surface area contributed by atoms with Crippen LogP contribution in [0.1, 0.15) is 15.9 Å². The molecule has 0 unspecified atom stereocenters. The molecule has 0 aliphatic rings. The Morgan fingerprint density at radius 1 is 1.15 bits per heavy atom. The summed E-state index contributed by atoms with van der Waals surface area (Å²) in [6.45, 7) is 0. The maximum Gasteiger partial charge on any atom is 0.416 e. The van der Waals surface area contributed by atoms with E-state index in [0.29, 0.717) is 16.4 Å². The fourth-order valence-corrected chi connectivity index (χ4v) is 3.90. The third-order valence-corrected chi connectivity index (χ3v) is 5.80. The minimum Gasteiger partial charge on any atom is -0.465 e. The number of hydrogen-bond donors (Lipinski definition) is 0. The van der Waals surface area contributed by atoms with Crippen molar-refractivity contribution in [3.8, 4) is 0 Å². The van der Waals surface area contributed by atoms with Crippen LogP contribution in [0.5, 0.6) is 0 Å². The molecule has 0 atom stereocenters. The highest BCUT2D eigenvalue weighted by molar-refractivity contribution is 7.93. The topological polar surface area (TPSA) is 63.7 Å². The maximum atomic E-state index is 12.9. The van der Waals surface area contributed by atoms with E-state index >= 15 is 0 Å². The van der Waals surface area contributed by atoms with Crippen LogP contribution in [0.4, 0.5) is 18.9 Å². The lowest BCUT2D eigenvalue weighted by Crippen LogP contribution is -2.29. The number of anilines is 1. The van der Waals surface area contributed by atoms with E-state index in [0.717, 1.165) is 20.2 Å². The monoisotopic (exact) mass is 407 g/mol. The van der Waals surface area contributed by atoms with Gasteiger partial charge in [-0.05, 0) is 30.3 Å². The second-order valence-electron chi connectivity index (χ2n) is 5.12. The Hall–Kier alpha value is -2.26. The zero-order chi connectivity index (χ0) is 19.7. The molecule has 2 rings (SSSR count). The smallest absolute Gasteiger partial charge is 0.416 e. The van der Waals surface area contributed by atoms with Gasteiger partial charge in [0, 0.05) is 7.05 Å². The summed E-state index contributed by atoms with van der Waals surface area (Å²) in [4.78, 5) is 11.1. The molecular formula is C16H13ClF3NO4S. The number of halogens is 4. The summed E-state index contributed by atoms with van der Waals surface area (Å²) in [5.74, 6) is -0.794. The molecule has 0 fully saturated rings. The van der Waals surface area contributed by atoms with E-state index in [1.807, 2.05) is 0 Å². The zero-order valence-corrected chi connectivity index (χ0v) is 15.1. The Morgan fingerprint density at radius 3 is 2.35 bits per heavy atom. The highest BCUT2D eigenvalue weighted by Crippen LogP contribution is 2.35. The van der Waals surface area contributed by atoms with E-state index in [1.165, 1.54) is 24.3 Å². The summed E-state index contributed by atoms with van der Waals surface area (Å²) >= 11 is 5.83. The van der Waals surface area contributed by atoms with Crippen LogP contribution >= 0.6 is 11.6 Å². The molecule has 2 aromatic rings. The van der Waals surface area contributed by atoms with Gasteiger partial charge in [-0.25, -0.2) is 13.2 Å². The summed E-state index contributed by atoms with van der Waals surface area (Å²) in [5, 5.41) is -0.375. The molecule has 0 amide bonds. The Morgan fingerprint density at radius 2 is 1.77 bits per heavy atom. The summed E-state index contributed by atoms with van der Waals surface area (Å²) < 4.78 is 69.7. The summed E-state index contributed by atoms with van der Waals surface area (Å²) in [7, 11) is -2.25. The highest BCUT2D eigenvalue weighted by Gasteiger charge is 2.34. The number of alkyl halides is 3. The van der Waals surface area contributed by atoms with Crippen molar-refractivity contribution in [2.45, 2.75) is 11.1 Å². The van der Waals surface area contributed by atoms with Crippen LogP contribution < -0.4 is 4.31 Å². The summed E-state index contributed by atoms with van der Waals surface area (Å²) in [6.07, 6.45) is -4.74. The van der Waals surface area contributed by atoms with Crippen LogP contribution in [0.15, 0.2) is 47.4 Å². The van der Waals surface area contributed by atoms with Crippen molar-refractivity contribution in [2.24, 2.45) is 0 Å². The molecule has 0 N–H and O–H groups in total. The first-order chi connectivity index (χ1) is 12.0. The van der Waals surface area contributed by atoms with E-state index in [1.54, 1.807) is 0 Å². The number of benzene rings is 2. The van der Waals surface area contributed by atoms with Gasteiger partial charge in [0.15, 0.2) is 0 Å². The lowest BCUT2D eigenvalue weighted by molar-refractivity contribution is -0.137. The summed E-state index contributed by atoms with van der Waals surface area (Å²) in [6, 6.07) is 7.62. The number of carbonyl (C=O) groups excluding carboxylic acids is 1. The number of ether oxygens (including phenoxy) is 1. The molecule has 0 bridgehead atoms. The Balaban J connectivity index is 2.61. The van der Waals surface area contributed by atoms with Crippen LogP contribution in [0.25, 0.3) is 0 Å². The third-order valence-electron chi connectivity index (χ3n) is 3.55. The van der Waals surface area contributed by atoms with Crippen LogP contribution in [0.2, 0.25) is 5.02 Å². The fourth-order valence-electron chi connectivity index (χ4n) is 2.19. The molecule has 0 spiro atoms. The molecule has 0 heterocycles. The van der Waals surface area contributed by atoms with Gasteiger partial charge in [-0.3, -0.25) is 4.31 Å². The van der Waals surface area contributed by atoms with Gasteiger partial charge in [-0.1, -0.05) is 23.7 Å². The van der Waals surface area contributed by atoms with E-state index in [-0.39, 0.29) is 16.3 Å². The molecule has 140 valence electrons. The molecule has 0 saturated carbocycles. The third kappa shape index (κ3) is 3.78. The number of methoxy groups -OCH3 is 1. The molecule has 10 heteroatoms. The van der Waals surface area contributed by atoms with Gasteiger partial charge in [0.1, 0.15) is 4.90 Å². The van der Waals surface area contributed by atoms with Gasteiger partial charge in [0.2, 0.25) is 0 Å². The molecule has 0 aromatic heterocycles. The standard InChI is InChI=1S/C16H13ClF3NO4S/c1-21(13-6-4-3-5-11(13)15(22)25-2)26(23,24)14-9-10(16(18,19)20)7-8-12(14)17/h3-9H,1-2H3. The van der Waals surface area contributed by atoms with Crippen molar-refractivity contribution in [3.05, 3.63) is 58.6 Å². The highest BCUT2D eigenvalue weighted by atomic mass is 35.5. The largest absolute Gasteiger partial charge is 0.465 e. The Labute approximate surface area is 153 Å². The molecule has 0 aliphatic carbocycles. The van der Waals surface area contributed by atoms with Crippen molar-refractivity contribution < 1.29 is 31.1 Å². The van der Waals surface area contributed by atoms with Gasteiger partial charge in [-0.15, -0.1) is 0 Å². The molecule has 0 aliphatic heterocycles. The molecule has 26 heavy (non-hydrogen) atoms. The lowest BCUT2D eigenvalue weighted by atomic mass is 10.2. The minimum atomic E-state index is -4.74. The molecule has 5 nitrogen and oxygen atoms in total. The van der Waals surface area contributed by atoms with Gasteiger partial charge in [0.05, 0.1) is 28.9 Å². The van der Waals surface area contributed by atoms with E-state index < -0.39 is 32.6 Å². The molecular weight excluding hydrogens is 395 g/mol. The zero-order valence-electron chi connectivity index (χ0n) is 13.5. The van der Waals surface area contributed by atoms with Gasteiger partial charge < -0.3 is 4.74 Å². The number of hydrogen-bond acceptors (Lipinski definition) is 4. The van der Waals surface area contributed by atoms with Crippen LogP contribution in [0, 0.1) is 0 Å². The predicted molar refractivity (Wildman–Crippen MR) is 89.8 cm³/mol.